The predicted octanol–water partition coefficient (Wildman–Crippen LogP) is 3.09. The molecular weight excluding hydrogens is 579 g/mol. The number of carbonyl (C=O) groups excluding carboxylic acids is 1. The second-order valence-corrected chi connectivity index (χ2v) is 13.2. The van der Waals surface area contributed by atoms with Crippen LogP contribution in [0.3, 0.4) is 0 Å². The van der Waals surface area contributed by atoms with Gasteiger partial charge in [0.2, 0.25) is 0 Å². The lowest BCUT2D eigenvalue weighted by atomic mass is 9.96. The highest BCUT2D eigenvalue weighted by atomic mass is 31.2. The maximum absolute atomic E-state index is 14.2. The largest absolute Gasteiger partial charge is 0.459 e. The standard InChI is InChI=1S/C28H35N6O8P/c1-16(25(36)41-27(2,3)4)33-43(38,42-19-12-8-10-17-9-6-7-11-18(17)19)39-13-20-22(35)28(5,37)26(40-20)34-15-32-21-23(29)30-14-31-24(21)34/h6-12,14-16,20,22,26,35,37H,13H2,1-5H3,(H,33,38)(H2,29,30,31)/t16-,20+,22?,26+,28-,43?/m0/s1. The van der Waals surface area contributed by atoms with E-state index < -0.39 is 56.0 Å². The molecule has 1 fully saturated rings. The summed E-state index contributed by atoms with van der Waals surface area (Å²) < 4.78 is 38.9. The van der Waals surface area contributed by atoms with E-state index in [1.54, 1.807) is 45.0 Å². The third-order valence-electron chi connectivity index (χ3n) is 6.88. The Morgan fingerprint density at radius 3 is 2.67 bits per heavy atom. The molecule has 3 heterocycles. The van der Waals surface area contributed by atoms with E-state index in [0.29, 0.717) is 10.9 Å². The quantitative estimate of drug-likeness (QED) is 0.159. The van der Waals surface area contributed by atoms with Crippen LogP contribution in [0.25, 0.3) is 21.9 Å². The summed E-state index contributed by atoms with van der Waals surface area (Å²) in [6, 6.07) is 11.4. The molecule has 6 atom stereocenters. The Morgan fingerprint density at radius 1 is 1.21 bits per heavy atom. The van der Waals surface area contributed by atoms with Crippen molar-refractivity contribution in [2.24, 2.45) is 0 Å². The van der Waals surface area contributed by atoms with E-state index in [2.05, 4.69) is 20.0 Å². The molecule has 1 aliphatic rings. The number of benzene rings is 2. The van der Waals surface area contributed by atoms with Gasteiger partial charge in [0.25, 0.3) is 0 Å². The zero-order chi connectivity index (χ0) is 31.2. The number of nitrogen functional groups attached to an aromatic ring is 1. The number of aromatic nitrogens is 4. The number of rotatable bonds is 9. The number of imidazole rings is 1. The third kappa shape index (κ3) is 6.35. The van der Waals surface area contributed by atoms with Crippen LogP contribution in [0.2, 0.25) is 0 Å². The number of ether oxygens (including phenoxy) is 2. The third-order valence-corrected chi connectivity index (χ3v) is 8.51. The van der Waals surface area contributed by atoms with Crippen LogP contribution in [0.4, 0.5) is 5.82 Å². The molecule has 43 heavy (non-hydrogen) atoms. The normalized spacial score (nSPS) is 24.6. The van der Waals surface area contributed by atoms with Gasteiger partial charge < -0.3 is 29.9 Å². The van der Waals surface area contributed by atoms with Crippen LogP contribution in [-0.4, -0.2) is 71.8 Å². The molecule has 14 nitrogen and oxygen atoms in total. The van der Waals surface area contributed by atoms with Gasteiger partial charge in [-0.1, -0.05) is 36.4 Å². The minimum atomic E-state index is -4.35. The Morgan fingerprint density at radius 2 is 1.93 bits per heavy atom. The lowest BCUT2D eigenvalue weighted by Crippen LogP contribution is -2.44. The summed E-state index contributed by atoms with van der Waals surface area (Å²) in [5.41, 5.74) is 3.84. The molecule has 0 spiro atoms. The van der Waals surface area contributed by atoms with Crippen molar-refractivity contribution in [3.8, 4) is 5.75 Å². The molecule has 5 rings (SSSR count). The van der Waals surface area contributed by atoms with Crippen molar-refractivity contribution >= 4 is 41.5 Å². The number of esters is 1. The summed E-state index contributed by atoms with van der Waals surface area (Å²) in [4.78, 5) is 25.1. The average Bonchev–Trinajstić information content (AvgIpc) is 3.45. The van der Waals surface area contributed by atoms with Gasteiger partial charge in [0.1, 0.15) is 47.0 Å². The molecule has 2 aromatic heterocycles. The van der Waals surface area contributed by atoms with Gasteiger partial charge in [0.05, 0.1) is 12.9 Å². The number of carbonyl (C=O) groups is 1. The maximum atomic E-state index is 14.2. The highest BCUT2D eigenvalue weighted by Gasteiger charge is 2.54. The zero-order valence-corrected chi connectivity index (χ0v) is 25.3. The minimum Gasteiger partial charge on any atom is -0.459 e. The second kappa shape index (κ2) is 11.5. The van der Waals surface area contributed by atoms with Crippen molar-refractivity contribution in [2.75, 3.05) is 12.3 Å². The predicted molar refractivity (Wildman–Crippen MR) is 157 cm³/mol. The van der Waals surface area contributed by atoms with Crippen LogP contribution >= 0.6 is 7.75 Å². The number of nitrogens with two attached hydrogens (primary N) is 1. The Bertz CT molecular complexity index is 1680. The number of nitrogens with one attached hydrogen (secondary N) is 1. The van der Waals surface area contributed by atoms with Crippen LogP contribution < -0.4 is 15.3 Å². The summed E-state index contributed by atoms with van der Waals surface area (Å²) in [6.45, 7) is 7.50. The second-order valence-electron chi connectivity index (χ2n) is 11.5. The number of hydrogen-bond acceptors (Lipinski definition) is 12. The Hall–Kier alpha value is -3.65. The minimum absolute atomic E-state index is 0.138. The molecule has 2 unspecified atom stereocenters. The van der Waals surface area contributed by atoms with E-state index in [9.17, 15) is 19.6 Å². The van der Waals surface area contributed by atoms with Gasteiger partial charge in [-0.25, -0.2) is 19.5 Å². The highest BCUT2D eigenvalue weighted by molar-refractivity contribution is 7.52. The number of aliphatic hydroxyl groups is 2. The van der Waals surface area contributed by atoms with Crippen molar-refractivity contribution in [2.45, 2.75) is 70.3 Å². The van der Waals surface area contributed by atoms with E-state index in [1.807, 2.05) is 18.2 Å². The summed E-state index contributed by atoms with van der Waals surface area (Å²) in [5, 5.41) is 26.5. The van der Waals surface area contributed by atoms with Crippen LogP contribution in [0.5, 0.6) is 5.75 Å². The van der Waals surface area contributed by atoms with Crippen molar-refractivity contribution in [3.05, 3.63) is 55.1 Å². The number of nitrogens with zero attached hydrogens (tertiary/aromatic N) is 4. The fraction of sp³-hybridized carbons (Fsp3) is 0.429. The maximum Gasteiger partial charge on any atom is 0.459 e. The summed E-state index contributed by atoms with van der Waals surface area (Å²) >= 11 is 0. The van der Waals surface area contributed by atoms with Crippen molar-refractivity contribution < 1.29 is 38.1 Å². The molecule has 0 radical (unpaired) electrons. The first-order valence-corrected chi connectivity index (χ1v) is 15.1. The highest BCUT2D eigenvalue weighted by Crippen LogP contribution is 2.48. The molecule has 5 N–H and O–H groups in total. The Balaban J connectivity index is 1.41. The molecule has 4 aromatic rings. The molecule has 0 aliphatic carbocycles. The average molecular weight is 615 g/mol. The van der Waals surface area contributed by atoms with Crippen LogP contribution in [-0.2, 0) is 23.4 Å². The smallest absolute Gasteiger partial charge is 0.459 e. The van der Waals surface area contributed by atoms with E-state index in [1.165, 1.54) is 31.1 Å². The molecule has 2 aromatic carbocycles. The lowest BCUT2D eigenvalue weighted by molar-refractivity contribution is -0.156. The molecule has 0 amide bonds. The SMILES string of the molecule is C[C@H](NP(=O)(OC[C@H]1O[C@@H](n2cnc3c(N)ncnc32)[C@@](C)(O)C1O)Oc1cccc2ccccc12)C(=O)OC(C)(C)C. The van der Waals surface area contributed by atoms with Crippen LogP contribution in [0, 0.1) is 0 Å². The van der Waals surface area contributed by atoms with E-state index in [-0.39, 0.29) is 17.2 Å². The van der Waals surface area contributed by atoms with Crippen molar-refractivity contribution in [3.63, 3.8) is 0 Å². The topological polar surface area (TPSA) is 193 Å². The van der Waals surface area contributed by atoms with Gasteiger partial charge in [-0.3, -0.25) is 13.9 Å². The molecule has 0 saturated carbocycles. The monoisotopic (exact) mass is 614 g/mol. The molecule has 0 bridgehead atoms. The van der Waals surface area contributed by atoms with E-state index in [0.717, 1.165) is 5.39 Å². The van der Waals surface area contributed by atoms with E-state index in [4.69, 9.17) is 24.3 Å². The Labute approximate surface area is 247 Å². The lowest BCUT2D eigenvalue weighted by Gasteiger charge is -2.28. The van der Waals surface area contributed by atoms with Gasteiger partial charge in [0, 0.05) is 5.39 Å². The van der Waals surface area contributed by atoms with E-state index >= 15 is 0 Å². The van der Waals surface area contributed by atoms with Gasteiger partial charge in [0.15, 0.2) is 17.7 Å². The zero-order valence-electron chi connectivity index (χ0n) is 24.4. The summed E-state index contributed by atoms with van der Waals surface area (Å²) in [5.74, 6) is -0.296. The molecular formula is C28H35N6O8P. The van der Waals surface area contributed by atoms with Crippen LogP contribution in [0.15, 0.2) is 55.1 Å². The van der Waals surface area contributed by atoms with Gasteiger partial charge in [-0.05, 0) is 46.1 Å². The fourth-order valence-electron chi connectivity index (χ4n) is 4.77. The molecule has 230 valence electrons. The first-order chi connectivity index (χ1) is 20.2. The molecule has 1 aliphatic heterocycles. The molecule has 1 saturated heterocycles. The number of hydrogen-bond donors (Lipinski definition) is 4. The number of anilines is 1. The first-order valence-electron chi connectivity index (χ1n) is 13.6. The number of fused-ring (bicyclic) bond motifs is 2. The van der Waals surface area contributed by atoms with Gasteiger partial charge >= 0.3 is 13.7 Å². The van der Waals surface area contributed by atoms with Crippen LogP contribution in [0.1, 0.15) is 40.8 Å². The molecule has 15 heteroatoms. The summed E-state index contributed by atoms with van der Waals surface area (Å²) in [7, 11) is -4.35. The number of aliphatic hydroxyl groups excluding tert-OH is 1. The van der Waals surface area contributed by atoms with Gasteiger partial charge in [-0.2, -0.15) is 5.09 Å². The van der Waals surface area contributed by atoms with Crippen molar-refractivity contribution in [1.82, 2.24) is 24.6 Å². The first kappa shape index (κ1) is 30.8. The summed E-state index contributed by atoms with van der Waals surface area (Å²) in [6.07, 6.45) is -1.23. The Kier molecular flexibility index (Phi) is 8.20. The van der Waals surface area contributed by atoms with Crippen molar-refractivity contribution in [1.29, 1.82) is 0 Å². The van der Waals surface area contributed by atoms with Gasteiger partial charge in [-0.15, -0.1) is 0 Å². The fourth-order valence-corrected chi connectivity index (χ4v) is 6.29.